The molecule has 0 radical (unpaired) electrons. The molecule has 1 aliphatic rings. The highest BCUT2D eigenvalue weighted by atomic mass is 16.5. The van der Waals surface area contributed by atoms with E-state index in [0.717, 1.165) is 23.9 Å². The second-order valence-corrected chi connectivity index (χ2v) is 3.64. The molecule has 1 fully saturated rings. The molecule has 2 rings (SSSR count). The topological polar surface area (TPSA) is 60.2 Å². The Bertz CT molecular complexity index is 299. The fourth-order valence-corrected chi connectivity index (χ4v) is 1.26. The summed E-state index contributed by atoms with van der Waals surface area (Å²) in [6, 6.07) is 3.72. The SMILES string of the molecule is NNc1ccnc(COCC2CC2)c1. The Morgan fingerprint density at radius 1 is 1.57 bits per heavy atom. The molecule has 1 aliphatic carbocycles. The van der Waals surface area contributed by atoms with E-state index in [1.54, 1.807) is 6.20 Å². The normalized spacial score (nSPS) is 15.5. The quantitative estimate of drug-likeness (QED) is 0.546. The third-order valence-electron chi connectivity index (χ3n) is 2.28. The van der Waals surface area contributed by atoms with Gasteiger partial charge in [-0.05, 0) is 30.9 Å². The van der Waals surface area contributed by atoms with Gasteiger partial charge in [0.1, 0.15) is 0 Å². The van der Waals surface area contributed by atoms with Crippen LogP contribution in [-0.2, 0) is 11.3 Å². The van der Waals surface area contributed by atoms with Crippen LogP contribution in [0.3, 0.4) is 0 Å². The average Bonchev–Trinajstić information content (AvgIpc) is 3.02. The van der Waals surface area contributed by atoms with Gasteiger partial charge in [0.05, 0.1) is 18.0 Å². The number of ether oxygens (including phenoxy) is 1. The first kappa shape index (κ1) is 9.43. The van der Waals surface area contributed by atoms with Crippen molar-refractivity contribution in [1.29, 1.82) is 0 Å². The largest absolute Gasteiger partial charge is 0.375 e. The van der Waals surface area contributed by atoms with Crippen LogP contribution in [0.15, 0.2) is 18.3 Å². The van der Waals surface area contributed by atoms with Crippen LogP contribution < -0.4 is 11.3 Å². The lowest BCUT2D eigenvalue weighted by Gasteiger charge is -2.04. The van der Waals surface area contributed by atoms with Gasteiger partial charge in [-0.2, -0.15) is 0 Å². The lowest BCUT2D eigenvalue weighted by Crippen LogP contribution is -2.07. The molecule has 0 saturated heterocycles. The minimum absolute atomic E-state index is 0.575. The van der Waals surface area contributed by atoms with Crippen LogP contribution in [0.2, 0.25) is 0 Å². The molecular weight excluding hydrogens is 178 g/mol. The molecule has 76 valence electrons. The monoisotopic (exact) mass is 193 g/mol. The summed E-state index contributed by atoms with van der Waals surface area (Å²) < 4.78 is 5.51. The maximum Gasteiger partial charge on any atom is 0.0888 e. The molecular formula is C10H15N3O. The van der Waals surface area contributed by atoms with Crippen molar-refractivity contribution in [1.82, 2.24) is 4.98 Å². The standard InChI is InChI=1S/C10H15N3O/c11-13-9-3-4-12-10(5-9)7-14-6-8-1-2-8/h3-5,8H,1-2,6-7,11H2,(H,12,13). The van der Waals surface area contributed by atoms with Gasteiger partial charge >= 0.3 is 0 Å². The van der Waals surface area contributed by atoms with Crippen LogP contribution in [0.25, 0.3) is 0 Å². The fourth-order valence-electron chi connectivity index (χ4n) is 1.26. The second-order valence-electron chi connectivity index (χ2n) is 3.64. The van der Waals surface area contributed by atoms with E-state index in [-0.39, 0.29) is 0 Å². The third kappa shape index (κ3) is 2.68. The first-order valence-electron chi connectivity index (χ1n) is 4.88. The third-order valence-corrected chi connectivity index (χ3v) is 2.28. The van der Waals surface area contributed by atoms with Gasteiger partial charge in [0, 0.05) is 12.8 Å². The first-order chi connectivity index (χ1) is 6.88. The number of nitrogens with zero attached hydrogens (tertiary/aromatic N) is 1. The fraction of sp³-hybridized carbons (Fsp3) is 0.500. The number of nitrogens with two attached hydrogens (primary N) is 1. The molecule has 0 spiro atoms. The zero-order valence-corrected chi connectivity index (χ0v) is 8.07. The second kappa shape index (κ2) is 4.39. The predicted molar refractivity (Wildman–Crippen MR) is 54.4 cm³/mol. The number of hydrazine groups is 1. The van der Waals surface area contributed by atoms with E-state index in [1.807, 2.05) is 12.1 Å². The van der Waals surface area contributed by atoms with E-state index >= 15 is 0 Å². The Hall–Kier alpha value is -1.13. The molecule has 0 aliphatic heterocycles. The lowest BCUT2D eigenvalue weighted by atomic mass is 10.3. The van der Waals surface area contributed by atoms with Crippen molar-refractivity contribution in [3.05, 3.63) is 24.0 Å². The first-order valence-corrected chi connectivity index (χ1v) is 4.88. The van der Waals surface area contributed by atoms with Crippen molar-refractivity contribution >= 4 is 5.69 Å². The van der Waals surface area contributed by atoms with E-state index in [0.29, 0.717) is 6.61 Å². The average molecular weight is 193 g/mol. The van der Waals surface area contributed by atoms with Crippen LogP contribution in [0.4, 0.5) is 5.69 Å². The van der Waals surface area contributed by atoms with Gasteiger partial charge in [-0.1, -0.05) is 0 Å². The van der Waals surface area contributed by atoms with E-state index in [4.69, 9.17) is 10.6 Å². The Balaban J connectivity index is 1.81. The van der Waals surface area contributed by atoms with E-state index in [9.17, 15) is 0 Å². The molecule has 14 heavy (non-hydrogen) atoms. The number of nitrogens with one attached hydrogen (secondary N) is 1. The maximum absolute atomic E-state index is 5.51. The smallest absolute Gasteiger partial charge is 0.0888 e. The van der Waals surface area contributed by atoms with Crippen molar-refractivity contribution in [3.63, 3.8) is 0 Å². The molecule has 1 saturated carbocycles. The van der Waals surface area contributed by atoms with Crippen molar-refractivity contribution in [2.24, 2.45) is 11.8 Å². The van der Waals surface area contributed by atoms with Crippen molar-refractivity contribution < 1.29 is 4.74 Å². The molecule has 4 nitrogen and oxygen atoms in total. The highest BCUT2D eigenvalue weighted by Gasteiger charge is 2.21. The van der Waals surface area contributed by atoms with Crippen LogP contribution in [-0.4, -0.2) is 11.6 Å². The molecule has 3 N–H and O–H groups in total. The number of nitrogen functional groups attached to an aromatic ring is 1. The van der Waals surface area contributed by atoms with Gasteiger partial charge in [-0.3, -0.25) is 10.8 Å². The van der Waals surface area contributed by atoms with Crippen molar-refractivity contribution in [2.75, 3.05) is 12.0 Å². The van der Waals surface area contributed by atoms with Gasteiger partial charge in [-0.25, -0.2) is 0 Å². The molecule has 0 aromatic carbocycles. The molecule has 1 aromatic rings. The summed E-state index contributed by atoms with van der Waals surface area (Å²) in [6.07, 6.45) is 4.36. The molecule has 1 heterocycles. The summed E-state index contributed by atoms with van der Waals surface area (Å²) in [7, 11) is 0. The molecule has 0 atom stereocenters. The van der Waals surface area contributed by atoms with E-state index < -0.39 is 0 Å². The molecule has 0 unspecified atom stereocenters. The summed E-state index contributed by atoms with van der Waals surface area (Å²) in [5, 5.41) is 0. The Morgan fingerprint density at radius 2 is 2.43 bits per heavy atom. The summed E-state index contributed by atoms with van der Waals surface area (Å²) >= 11 is 0. The van der Waals surface area contributed by atoms with Gasteiger partial charge < -0.3 is 10.2 Å². The summed E-state index contributed by atoms with van der Waals surface area (Å²) in [5.74, 6) is 6.08. The number of rotatable bonds is 5. The van der Waals surface area contributed by atoms with Crippen LogP contribution in [0.1, 0.15) is 18.5 Å². The molecule has 0 amide bonds. The van der Waals surface area contributed by atoms with Crippen LogP contribution in [0.5, 0.6) is 0 Å². The summed E-state index contributed by atoms with van der Waals surface area (Å²) in [6.45, 7) is 1.44. The van der Waals surface area contributed by atoms with Crippen LogP contribution in [0, 0.1) is 5.92 Å². The highest BCUT2D eigenvalue weighted by Crippen LogP contribution is 2.29. The minimum Gasteiger partial charge on any atom is -0.375 e. The Kier molecular flexibility index (Phi) is 2.96. The van der Waals surface area contributed by atoms with Gasteiger partial charge in [0.2, 0.25) is 0 Å². The Labute approximate surface area is 83.4 Å². The molecule has 4 heteroatoms. The zero-order valence-electron chi connectivity index (χ0n) is 8.07. The number of pyridine rings is 1. The summed E-state index contributed by atoms with van der Waals surface area (Å²) in [4.78, 5) is 4.18. The van der Waals surface area contributed by atoms with Crippen molar-refractivity contribution in [3.8, 4) is 0 Å². The molecule has 0 bridgehead atoms. The predicted octanol–water partition coefficient (Wildman–Crippen LogP) is 1.29. The Morgan fingerprint density at radius 3 is 3.14 bits per heavy atom. The van der Waals surface area contributed by atoms with E-state index in [1.165, 1.54) is 12.8 Å². The maximum atomic E-state index is 5.51. The van der Waals surface area contributed by atoms with E-state index in [2.05, 4.69) is 10.4 Å². The lowest BCUT2D eigenvalue weighted by molar-refractivity contribution is 0.109. The van der Waals surface area contributed by atoms with Gasteiger partial charge in [-0.15, -0.1) is 0 Å². The zero-order chi connectivity index (χ0) is 9.80. The number of hydrogen-bond donors (Lipinski definition) is 2. The number of anilines is 1. The minimum atomic E-state index is 0.575. The molecule has 1 aromatic heterocycles. The van der Waals surface area contributed by atoms with Gasteiger partial charge in [0.25, 0.3) is 0 Å². The van der Waals surface area contributed by atoms with Crippen LogP contribution >= 0.6 is 0 Å². The summed E-state index contributed by atoms with van der Waals surface area (Å²) in [5.41, 5.74) is 4.37. The van der Waals surface area contributed by atoms with Gasteiger partial charge in [0.15, 0.2) is 0 Å². The van der Waals surface area contributed by atoms with Crippen molar-refractivity contribution in [2.45, 2.75) is 19.4 Å². The number of aromatic nitrogens is 1. The number of hydrogen-bond acceptors (Lipinski definition) is 4. The highest BCUT2D eigenvalue weighted by molar-refractivity contribution is 5.41.